The molecule has 4 nitrogen and oxygen atoms in total. The van der Waals surface area contributed by atoms with Gasteiger partial charge in [-0.1, -0.05) is 19.8 Å². The molecule has 0 heterocycles. The van der Waals surface area contributed by atoms with E-state index in [2.05, 4.69) is 17.6 Å². The first-order valence-electron chi connectivity index (χ1n) is 6.12. The molecule has 0 saturated heterocycles. The van der Waals surface area contributed by atoms with Crippen molar-refractivity contribution in [2.45, 2.75) is 58.5 Å². The Morgan fingerprint density at radius 2 is 1.75 bits per heavy atom. The summed E-state index contributed by atoms with van der Waals surface area (Å²) in [6, 6.07) is 0.168. The van der Waals surface area contributed by atoms with E-state index < -0.39 is 11.8 Å². The zero-order valence-corrected chi connectivity index (χ0v) is 10.4. The van der Waals surface area contributed by atoms with Crippen LogP contribution in [0.25, 0.3) is 0 Å². The molecule has 92 valence electrons. The van der Waals surface area contributed by atoms with Crippen LogP contribution >= 0.6 is 0 Å². The summed E-state index contributed by atoms with van der Waals surface area (Å²) < 4.78 is 0. The van der Waals surface area contributed by atoms with E-state index >= 15 is 0 Å². The Labute approximate surface area is 97.2 Å². The molecule has 2 N–H and O–H groups in total. The number of amides is 2. The molecule has 0 bridgehead atoms. The first-order valence-corrected chi connectivity index (χ1v) is 6.12. The Hall–Kier alpha value is -1.06. The topological polar surface area (TPSA) is 58.2 Å². The normalized spacial score (nSPS) is 25.2. The highest BCUT2D eigenvalue weighted by atomic mass is 16.2. The van der Waals surface area contributed by atoms with E-state index in [1.807, 2.05) is 13.8 Å². The van der Waals surface area contributed by atoms with E-state index in [0.29, 0.717) is 5.92 Å². The summed E-state index contributed by atoms with van der Waals surface area (Å²) in [5, 5.41) is 5.42. The molecular formula is C12H22N2O2. The first-order chi connectivity index (χ1) is 7.50. The number of carbonyl (C=O) groups is 2. The van der Waals surface area contributed by atoms with Crippen molar-refractivity contribution in [3.8, 4) is 0 Å². The predicted molar refractivity (Wildman–Crippen MR) is 62.8 cm³/mol. The molecule has 16 heavy (non-hydrogen) atoms. The van der Waals surface area contributed by atoms with Gasteiger partial charge in [-0.25, -0.2) is 0 Å². The molecule has 0 aromatic heterocycles. The van der Waals surface area contributed by atoms with Gasteiger partial charge in [0.1, 0.15) is 0 Å². The predicted octanol–water partition coefficient (Wildman–Crippen LogP) is 1.21. The zero-order chi connectivity index (χ0) is 12.1. The van der Waals surface area contributed by atoms with Gasteiger partial charge < -0.3 is 10.6 Å². The molecule has 0 radical (unpaired) electrons. The van der Waals surface area contributed by atoms with Gasteiger partial charge in [0, 0.05) is 12.1 Å². The van der Waals surface area contributed by atoms with Crippen LogP contribution in [0, 0.1) is 5.92 Å². The molecule has 0 unspecified atom stereocenters. The van der Waals surface area contributed by atoms with Crippen LogP contribution in [0.4, 0.5) is 0 Å². The third-order valence-corrected chi connectivity index (χ3v) is 3.05. The molecule has 1 aliphatic rings. The Balaban J connectivity index is 2.40. The van der Waals surface area contributed by atoms with Crippen molar-refractivity contribution in [2.75, 3.05) is 0 Å². The second kappa shape index (κ2) is 5.87. The van der Waals surface area contributed by atoms with Gasteiger partial charge in [-0.05, 0) is 32.6 Å². The highest BCUT2D eigenvalue weighted by molar-refractivity contribution is 6.35. The summed E-state index contributed by atoms with van der Waals surface area (Å²) in [6.45, 7) is 5.81. The van der Waals surface area contributed by atoms with Crippen molar-refractivity contribution in [1.29, 1.82) is 0 Å². The standard InChI is InChI=1S/C12H22N2O2/c1-8(2)13-11(15)12(16)14-10-7-5-4-6-9(10)3/h8-10H,4-7H2,1-3H3,(H,13,15)(H,14,16)/t9-,10+/m0/s1. The van der Waals surface area contributed by atoms with Gasteiger partial charge in [0.05, 0.1) is 0 Å². The van der Waals surface area contributed by atoms with E-state index in [1.165, 1.54) is 6.42 Å². The molecule has 0 aromatic rings. The minimum atomic E-state index is -0.521. The van der Waals surface area contributed by atoms with Crippen LogP contribution in [0.3, 0.4) is 0 Å². The van der Waals surface area contributed by atoms with Crippen LogP contribution in [0.2, 0.25) is 0 Å². The lowest BCUT2D eigenvalue weighted by molar-refractivity contribution is -0.140. The molecule has 0 aliphatic heterocycles. The van der Waals surface area contributed by atoms with Crippen molar-refractivity contribution in [1.82, 2.24) is 10.6 Å². The van der Waals surface area contributed by atoms with Crippen LogP contribution in [-0.4, -0.2) is 23.9 Å². The Kier molecular flexibility index (Phi) is 4.77. The van der Waals surface area contributed by atoms with Crippen molar-refractivity contribution in [3.63, 3.8) is 0 Å². The maximum Gasteiger partial charge on any atom is 0.309 e. The Morgan fingerprint density at radius 3 is 2.31 bits per heavy atom. The fourth-order valence-corrected chi connectivity index (χ4v) is 2.09. The van der Waals surface area contributed by atoms with Gasteiger partial charge in [0.15, 0.2) is 0 Å². The molecule has 4 heteroatoms. The molecule has 1 rings (SSSR count). The number of hydrogen-bond acceptors (Lipinski definition) is 2. The van der Waals surface area contributed by atoms with Crippen LogP contribution < -0.4 is 10.6 Å². The highest BCUT2D eigenvalue weighted by Crippen LogP contribution is 2.23. The second-order valence-corrected chi connectivity index (χ2v) is 4.97. The van der Waals surface area contributed by atoms with E-state index in [0.717, 1.165) is 19.3 Å². The van der Waals surface area contributed by atoms with Gasteiger partial charge in [-0.3, -0.25) is 9.59 Å². The lowest BCUT2D eigenvalue weighted by atomic mass is 9.86. The van der Waals surface area contributed by atoms with Gasteiger partial charge in [-0.15, -0.1) is 0 Å². The molecule has 1 fully saturated rings. The monoisotopic (exact) mass is 226 g/mol. The number of nitrogens with one attached hydrogen (secondary N) is 2. The third-order valence-electron chi connectivity index (χ3n) is 3.05. The molecule has 1 saturated carbocycles. The minimum absolute atomic E-state index is 0.00188. The lowest BCUT2D eigenvalue weighted by Gasteiger charge is -2.29. The summed E-state index contributed by atoms with van der Waals surface area (Å²) in [6.07, 6.45) is 4.49. The largest absolute Gasteiger partial charge is 0.346 e. The van der Waals surface area contributed by atoms with Crippen molar-refractivity contribution in [2.24, 2.45) is 5.92 Å². The molecule has 0 aromatic carbocycles. The molecule has 2 atom stereocenters. The third kappa shape index (κ3) is 3.83. The maximum absolute atomic E-state index is 11.6. The van der Waals surface area contributed by atoms with E-state index in [1.54, 1.807) is 0 Å². The van der Waals surface area contributed by atoms with Gasteiger partial charge in [0.25, 0.3) is 0 Å². The zero-order valence-electron chi connectivity index (χ0n) is 10.4. The number of carbonyl (C=O) groups excluding carboxylic acids is 2. The molecule has 1 aliphatic carbocycles. The molecule has 0 spiro atoms. The highest BCUT2D eigenvalue weighted by Gasteiger charge is 2.25. The Morgan fingerprint density at radius 1 is 1.12 bits per heavy atom. The van der Waals surface area contributed by atoms with E-state index in [-0.39, 0.29) is 12.1 Å². The second-order valence-electron chi connectivity index (χ2n) is 4.97. The Bertz CT molecular complexity index is 264. The average Bonchev–Trinajstić information content (AvgIpc) is 2.20. The van der Waals surface area contributed by atoms with Crippen molar-refractivity contribution < 1.29 is 9.59 Å². The van der Waals surface area contributed by atoms with Crippen LogP contribution in [0.5, 0.6) is 0 Å². The molecular weight excluding hydrogens is 204 g/mol. The number of rotatable bonds is 2. The quantitative estimate of drug-likeness (QED) is 0.695. The summed E-state index contributed by atoms with van der Waals surface area (Å²) in [7, 11) is 0. The maximum atomic E-state index is 11.6. The van der Waals surface area contributed by atoms with Crippen LogP contribution in [-0.2, 0) is 9.59 Å². The summed E-state index contributed by atoms with van der Waals surface area (Å²) >= 11 is 0. The lowest BCUT2D eigenvalue weighted by Crippen LogP contribution is -2.49. The fourth-order valence-electron chi connectivity index (χ4n) is 2.09. The van der Waals surface area contributed by atoms with Gasteiger partial charge >= 0.3 is 11.8 Å². The van der Waals surface area contributed by atoms with Gasteiger partial charge in [-0.2, -0.15) is 0 Å². The first kappa shape index (κ1) is 13.0. The van der Waals surface area contributed by atoms with Gasteiger partial charge in [0.2, 0.25) is 0 Å². The smallest absolute Gasteiger partial charge is 0.309 e. The fraction of sp³-hybridized carbons (Fsp3) is 0.833. The van der Waals surface area contributed by atoms with Crippen molar-refractivity contribution in [3.05, 3.63) is 0 Å². The van der Waals surface area contributed by atoms with Crippen molar-refractivity contribution >= 4 is 11.8 Å². The number of hydrogen-bond donors (Lipinski definition) is 2. The van der Waals surface area contributed by atoms with Crippen LogP contribution in [0.15, 0.2) is 0 Å². The molecule has 2 amide bonds. The van der Waals surface area contributed by atoms with E-state index in [4.69, 9.17) is 0 Å². The SMILES string of the molecule is CC(C)NC(=O)C(=O)N[C@@H]1CCCC[C@@H]1C. The summed E-state index contributed by atoms with van der Waals surface area (Å²) in [4.78, 5) is 23.0. The van der Waals surface area contributed by atoms with E-state index in [9.17, 15) is 9.59 Å². The minimum Gasteiger partial charge on any atom is -0.346 e. The summed E-state index contributed by atoms with van der Waals surface area (Å²) in [5.41, 5.74) is 0. The average molecular weight is 226 g/mol. The van der Waals surface area contributed by atoms with Crippen LogP contribution in [0.1, 0.15) is 46.5 Å². The summed E-state index contributed by atoms with van der Waals surface area (Å²) in [5.74, 6) is -0.537.